The van der Waals surface area contributed by atoms with Gasteiger partial charge in [-0.25, -0.2) is 0 Å². The molecule has 1 aromatic heterocycles. The van der Waals surface area contributed by atoms with Gasteiger partial charge in [0.05, 0.1) is 5.60 Å². The highest BCUT2D eigenvalue weighted by molar-refractivity contribution is 7.09. The third-order valence-electron chi connectivity index (χ3n) is 3.51. The Hall–Kier alpha value is -0.380. The fraction of sp³-hybridized carbons (Fsp3) is 0.667. The van der Waals surface area contributed by atoms with Crippen LogP contribution >= 0.6 is 11.3 Å². The van der Waals surface area contributed by atoms with Gasteiger partial charge in [0.1, 0.15) is 0 Å². The first-order valence-electron chi connectivity index (χ1n) is 5.74. The largest absolute Gasteiger partial charge is 0.388 e. The average molecular weight is 223 g/mol. The molecular formula is C12H17NOS. The summed E-state index contributed by atoms with van der Waals surface area (Å²) in [6, 6.07) is 4.99. The van der Waals surface area contributed by atoms with E-state index in [4.69, 9.17) is 0 Å². The highest BCUT2D eigenvalue weighted by Crippen LogP contribution is 2.35. The van der Waals surface area contributed by atoms with Crippen molar-refractivity contribution in [1.82, 2.24) is 4.90 Å². The third kappa shape index (κ3) is 2.10. The normalized spacial score (nSPS) is 32.3. The Morgan fingerprint density at radius 3 is 3.07 bits per heavy atom. The van der Waals surface area contributed by atoms with Crippen LogP contribution in [0.15, 0.2) is 17.5 Å². The van der Waals surface area contributed by atoms with Crippen LogP contribution in [0.3, 0.4) is 0 Å². The van der Waals surface area contributed by atoms with E-state index in [0.29, 0.717) is 0 Å². The van der Waals surface area contributed by atoms with E-state index in [1.807, 2.05) is 0 Å². The molecule has 15 heavy (non-hydrogen) atoms. The van der Waals surface area contributed by atoms with Crippen LogP contribution in [-0.4, -0.2) is 34.7 Å². The van der Waals surface area contributed by atoms with E-state index >= 15 is 0 Å². The van der Waals surface area contributed by atoms with Gasteiger partial charge in [0.15, 0.2) is 0 Å². The number of nitrogens with zero attached hydrogens (tertiary/aromatic N) is 1. The molecular weight excluding hydrogens is 206 g/mol. The van der Waals surface area contributed by atoms with E-state index in [2.05, 4.69) is 22.4 Å². The Morgan fingerprint density at radius 2 is 2.40 bits per heavy atom. The second kappa shape index (κ2) is 3.58. The summed E-state index contributed by atoms with van der Waals surface area (Å²) in [7, 11) is 0. The molecule has 3 heteroatoms. The fourth-order valence-corrected chi connectivity index (χ4v) is 3.36. The summed E-state index contributed by atoms with van der Waals surface area (Å²) in [6.45, 7) is 1.97. The van der Waals surface area contributed by atoms with Gasteiger partial charge in [0.2, 0.25) is 0 Å². The predicted octanol–water partition coefficient (Wildman–Crippen LogP) is 1.89. The summed E-state index contributed by atoms with van der Waals surface area (Å²) in [4.78, 5) is 3.78. The van der Waals surface area contributed by atoms with Gasteiger partial charge in [-0.3, -0.25) is 4.90 Å². The zero-order valence-corrected chi connectivity index (χ0v) is 9.67. The summed E-state index contributed by atoms with van der Waals surface area (Å²) < 4.78 is 0. The van der Waals surface area contributed by atoms with Crippen LogP contribution in [0, 0.1) is 0 Å². The van der Waals surface area contributed by atoms with Gasteiger partial charge >= 0.3 is 0 Å². The lowest BCUT2D eigenvalue weighted by molar-refractivity contribution is 0.0495. The number of rotatable bonds is 3. The van der Waals surface area contributed by atoms with Crippen LogP contribution in [0.1, 0.15) is 24.1 Å². The van der Waals surface area contributed by atoms with Crippen molar-refractivity contribution in [3.05, 3.63) is 22.4 Å². The molecule has 2 nitrogen and oxygen atoms in total. The third-order valence-corrected chi connectivity index (χ3v) is 4.38. The lowest BCUT2D eigenvalue weighted by Crippen LogP contribution is -2.35. The van der Waals surface area contributed by atoms with E-state index in [0.717, 1.165) is 32.0 Å². The monoisotopic (exact) mass is 223 g/mol. The first kappa shape index (κ1) is 9.82. The van der Waals surface area contributed by atoms with Gasteiger partial charge in [-0.1, -0.05) is 6.07 Å². The van der Waals surface area contributed by atoms with Crippen molar-refractivity contribution in [3.8, 4) is 0 Å². The molecule has 1 saturated heterocycles. The molecule has 1 atom stereocenters. The van der Waals surface area contributed by atoms with E-state index in [1.165, 1.54) is 17.7 Å². The molecule has 1 N–H and O–H groups in total. The Kier molecular flexibility index (Phi) is 2.34. The molecule has 3 rings (SSSR count). The molecule has 1 aliphatic carbocycles. The number of hydrogen-bond acceptors (Lipinski definition) is 3. The van der Waals surface area contributed by atoms with Crippen molar-refractivity contribution in [2.75, 3.05) is 13.1 Å². The average Bonchev–Trinajstić information content (AvgIpc) is 2.81. The van der Waals surface area contributed by atoms with Gasteiger partial charge in [-0.2, -0.15) is 0 Å². The van der Waals surface area contributed by atoms with Gasteiger partial charge in [0.25, 0.3) is 0 Å². The van der Waals surface area contributed by atoms with Gasteiger partial charge < -0.3 is 5.11 Å². The molecule has 2 heterocycles. The summed E-state index contributed by atoms with van der Waals surface area (Å²) in [5, 5.41) is 12.6. The lowest BCUT2D eigenvalue weighted by atomic mass is 9.98. The molecule has 2 aliphatic rings. The van der Waals surface area contributed by atoms with Crippen LogP contribution in [0.4, 0.5) is 0 Å². The molecule has 0 radical (unpaired) electrons. The van der Waals surface area contributed by atoms with Crippen LogP contribution in [-0.2, 0) is 6.42 Å². The van der Waals surface area contributed by atoms with Crippen LogP contribution < -0.4 is 0 Å². The zero-order valence-electron chi connectivity index (χ0n) is 8.85. The first-order chi connectivity index (χ1) is 7.25. The predicted molar refractivity (Wildman–Crippen MR) is 62.2 cm³/mol. The molecule has 1 saturated carbocycles. The van der Waals surface area contributed by atoms with E-state index in [9.17, 15) is 5.11 Å². The zero-order chi connectivity index (χ0) is 10.3. The molecule has 1 aromatic rings. The number of likely N-dealkylation sites (tertiary alicyclic amines) is 1. The standard InChI is InChI=1S/C12H17NOS/c14-12(8-11-2-1-7-15-11)5-6-13(9-12)10-3-4-10/h1-2,7,10,14H,3-6,8-9H2. The minimum Gasteiger partial charge on any atom is -0.388 e. The Bertz CT molecular complexity index is 333. The molecule has 82 valence electrons. The van der Waals surface area contributed by atoms with Crippen LogP contribution in [0.2, 0.25) is 0 Å². The number of β-amino-alcohol motifs (C(OH)–C–C–N with tert-alkyl or cyclic N) is 1. The maximum Gasteiger partial charge on any atom is 0.0834 e. The first-order valence-corrected chi connectivity index (χ1v) is 6.62. The van der Waals surface area contributed by atoms with Crippen LogP contribution in [0.25, 0.3) is 0 Å². The van der Waals surface area contributed by atoms with Gasteiger partial charge in [-0.15, -0.1) is 11.3 Å². The fourth-order valence-electron chi connectivity index (χ4n) is 2.52. The highest BCUT2D eigenvalue weighted by Gasteiger charge is 2.41. The van der Waals surface area contributed by atoms with Crippen molar-refractivity contribution in [2.45, 2.75) is 37.3 Å². The second-order valence-corrected chi connectivity index (χ2v) is 5.96. The van der Waals surface area contributed by atoms with E-state index in [1.54, 1.807) is 11.3 Å². The van der Waals surface area contributed by atoms with Crippen molar-refractivity contribution in [2.24, 2.45) is 0 Å². The SMILES string of the molecule is OC1(Cc2cccs2)CCN(C2CC2)C1. The number of hydrogen-bond donors (Lipinski definition) is 1. The van der Waals surface area contributed by atoms with E-state index < -0.39 is 5.60 Å². The maximum absolute atomic E-state index is 10.5. The smallest absolute Gasteiger partial charge is 0.0834 e. The molecule has 0 bridgehead atoms. The molecule has 0 aromatic carbocycles. The van der Waals surface area contributed by atoms with Crippen molar-refractivity contribution < 1.29 is 5.11 Å². The highest BCUT2D eigenvalue weighted by atomic mass is 32.1. The quantitative estimate of drug-likeness (QED) is 0.846. The van der Waals surface area contributed by atoms with Gasteiger partial charge in [0, 0.05) is 30.4 Å². The van der Waals surface area contributed by atoms with Crippen molar-refractivity contribution in [1.29, 1.82) is 0 Å². The molecule has 2 fully saturated rings. The van der Waals surface area contributed by atoms with Crippen molar-refractivity contribution in [3.63, 3.8) is 0 Å². The Labute approximate surface area is 94.5 Å². The minimum absolute atomic E-state index is 0.451. The maximum atomic E-state index is 10.5. The second-order valence-electron chi connectivity index (χ2n) is 4.93. The molecule has 1 unspecified atom stereocenters. The molecule has 0 spiro atoms. The van der Waals surface area contributed by atoms with Crippen molar-refractivity contribution >= 4 is 11.3 Å². The number of thiophene rings is 1. The lowest BCUT2D eigenvalue weighted by Gasteiger charge is -2.22. The van der Waals surface area contributed by atoms with Gasteiger partial charge in [-0.05, 0) is 30.7 Å². The Morgan fingerprint density at radius 1 is 1.53 bits per heavy atom. The Balaban J connectivity index is 1.64. The molecule has 0 amide bonds. The summed E-state index contributed by atoms with van der Waals surface area (Å²) in [5.74, 6) is 0. The summed E-state index contributed by atoms with van der Waals surface area (Å²) >= 11 is 1.76. The topological polar surface area (TPSA) is 23.5 Å². The van der Waals surface area contributed by atoms with E-state index in [-0.39, 0.29) is 0 Å². The minimum atomic E-state index is -0.451. The van der Waals surface area contributed by atoms with Crippen LogP contribution in [0.5, 0.6) is 0 Å². The summed E-state index contributed by atoms with van der Waals surface area (Å²) in [5.41, 5.74) is -0.451. The number of aliphatic hydroxyl groups is 1. The summed E-state index contributed by atoms with van der Waals surface area (Å²) in [6.07, 6.45) is 4.47. The molecule has 1 aliphatic heterocycles.